The third-order valence-corrected chi connectivity index (χ3v) is 6.38. The van der Waals surface area contributed by atoms with Gasteiger partial charge < -0.3 is 4.74 Å². The van der Waals surface area contributed by atoms with E-state index in [4.69, 9.17) is 4.74 Å². The van der Waals surface area contributed by atoms with Crippen molar-refractivity contribution in [3.05, 3.63) is 65.2 Å². The molecule has 0 spiro atoms. The van der Waals surface area contributed by atoms with Gasteiger partial charge in [-0.2, -0.15) is 4.31 Å². The first kappa shape index (κ1) is 17.1. The van der Waals surface area contributed by atoms with Gasteiger partial charge in [0.25, 0.3) is 0 Å². The molecule has 4 nitrogen and oxygen atoms in total. The van der Waals surface area contributed by atoms with Gasteiger partial charge in [-0.25, -0.2) is 8.42 Å². The SMILES string of the molecule is Cc1ccc(S(=O)(=O)N2CCOC(Cc3ccccc3)C2)c(C)c1. The fourth-order valence-corrected chi connectivity index (χ4v) is 4.80. The second kappa shape index (κ2) is 7.05. The zero-order valence-electron chi connectivity index (χ0n) is 14.1. The lowest BCUT2D eigenvalue weighted by Gasteiger charge is -2.32. The number of nitrogens with zero attached hydrogens (tertiary/aromatic N) is 1. The van der Waals surface area contributed by atoms with Crippen LogP contribution in [0.5, 0.6) is 0 Å². The number of ether oxygens (including phenoxy) is 1. The highest BCUT2D eigenvalue weighted by Crippen LogP contribution is 2.23. The second-order valence-electron chi connectivity index (χ2n) is 6.31. The van der Waals surface area contributed by atoms with Crippen LogP contribution >= 0.6 is 0 Å². The number of benzene rings is 2. The molecule has 0 bridgehead atoms. The molecular weight excluding hydrogens is 322 g/mol. The number of sulfonamides is 1. The van der Waals surface area contributed by atoms with E-state index in [0.29, 0.717) is 24.6 Å². The Morgan fingerprint density at radius 3 is 2.58 bits per heavy atom. The van der Waals surface area contributed by atoms with Crippen LogP contribution in [0.15, 0.2) is 53.4 Å². The molecule has 2 aromatic carbocycles. The molecule has 1 heterocycles. The van der Waals surface area contributed by atoms with Crippen LogP contribution < -0.4 is 0 Å². The van der Waals surface area contributed by atoms with E-state index in [1.165, 1.54) is 0 Å². The molecule has 1 aliphatic heterocycles. The maximum absolute atomic E-state index is 13.0. The summed E-state index contributed by atoms with van der Waals surface area (Å²) < 4.78 is 33.3. The highest BCUT2D eigenvalue weighted by molar-refractivity contribution is 7.89. The number of rotatable bonds is 4. The Balaban J connectivity index is 1.78. The topological polar surface area (TPSA) is 46.6 Å². The van der Waals surface area contributed by atoms with Crippen LogP contribution in [-0.2, 0) is 21.2 Å². The minimum Gasteiger partial charge on any atom is -0.375 e. The minimum atomic E-state index is -3.48. The standard InChI is InChI=1S/C19H23NO3S/c1-15-8-9-19(16(2)12-15)24(21,22)20-10-11-23-18(14-20)13-17-6-4-3-5-7-17/h3-9,12,18H,10-11,13-14H2,1-2H3. The Bertz CT molecular complexity index is 803. The van der Waals surface area contributed by atoms with E-state index in [9.17, 15) is 8.42 Å². The van der Waals surface area contributed by atoms with Crippen molar-refractivity contribution in [2.75, 3.05) is 19.7 Å². The molecular formula is C19H23NO3S. The summed E-state index contributed by atoms with van der Waals surface area (Å²) in [4.78, 5) is 0.397. The monoisotopic (exact) mass is 345 g/mol. The van der Waals surface area contributed by atoms with E-state index in [0.717, 1.165) is 23.1 Å². The summed E-state index contributed by atoms with van der Waals surface area (Å²) in [5.41, 5.74) is 3.02. The average molecular weight is 345 g/mol. The Hall–Kier alpha value is -1.69. The smallest absolute Gasteiger partial charge is 0.243 e. The lowest BCUT2D eigenvalue weighted by Crippen LogP contribution is -2.46. The third-order valence-electron chi connectivity index (χ3n) is 4.36. The average Bonchev–Trinajstić information content (AvgIpc) is 2.56. The van der Waals surface area contributed by atoms with Gasteiger partial charge >= 0.3 is 0 Å². The molecule has 0 radical (unpaired) electrons. The molecule has 0 aliphatic carbocycles. The van der Waals surface area contributed by atoms with Crippen molar-refractivity contribution in [2.24, 2.45) is 0 Å². The zero-order valence-corrected chi connectivity index (χ0v) is 14.9. The van der Waals surface area contributed by atoms with E-state index >= 15 is 0 Å². The van der Waals surface area contributed by atoms with Gasteiger partial charge in [0.1, 0.15) is 0 Å². The van der Waals surface area contributed by atoms with Crippen LogP contribution in [0, 0.1) is 13.8 Å². The first-order valence-electron chi connectivity index (χ1n) is 8.20. The number of morpholine rings is 1. The van der Waals surface area contributed by atoms with Crippen LogP contribution in [0.3, 0.4) is 0 Å². The lowest BCUT2D eigenvalue weighted by atomic mass is 10.1. The summed E-state index contributed by atoms with van der Waals surface area (Å²) in [6, 6.07) is 15.5. The van der Waals surface area contributed by atoms with Gasteiger partial charge in [0, 0.05) is 13.1 Å². The summed E-state index contributed by atoms with van der Waals surface area (Å²) in [5, 5.41) is 0. The molecule has 1 saturated heterocycles. The van der Waals surface area contributed by atoms with Gasteiger partial charge in [-0.3, -0.25) is 0 Å². The molecule has 0 aromatic heterocycles. The summed E-state index contributed by atoms with van der Waals surface area (Å²) >= 11 is 0. The molecule has 128 valence electrons. The van der Waals surface area contributed by atoms with Crippen LogP contribution in [0.4, 0.5) is 0 Å². The van der Waals surface area contributed by atoms with Crippen LogP contribution in [0.2, 0.25) is 0 Å². The summed E-state index contributed by atoms with van der Waals surface area (Å²) in [6.07, 6.45) is 0.612. The minimum absolute atomic E-state index is 0.110. The Kier molecular flexibility index (Phi) is 5.04. The van der Waals surface area contributed by atoms with Crippen molar-refractivity contribution in [3.63, 3.8) is 0 Å². The molecule has 0 saturated carbocycles. The van der Waals surface area contributed by atoms with E-state index in [-0.39, 0.29) is 6.10 Å². The van der Waals surface area contributed by atoms with Crippen LogP contribution in [-0.4, -0.2) is 38.5 Å². The summed E-state index contributed by atoms with van der Waals surface area (Å²) in [6.45, 7) is 5.04. The van der Waals surface area contributed by atoms with Crippen molar-refractivity contribution in [3.8, 4) is 0 Å². The Morgan fingerprint density at radius 1 is 1.12 bits per heavy atom. The molecule has 1 unspecified atom stereocenters. The number of hydrogen-bond donors (Lipinski definition) is 0. The van der Waals surface area contributed by atoms with E-state index in [1.807, 2.05) is 56.3 Å². The molecule has 5 heteroatoms. The lowest BCUT2D eigenvalue weighted by molar-refractivity contribution is -0.000505. The van der Waals surface area contributed by atoms with Gasteiger partial charge in [0.2, 0.25) is 10.0 Å². The van der Waals surface area contributed by atoms with Crippen molar-refractivity contribution in [2.45, 2.75) is 31.3 Å². The van der Waals surface area contributed by atoms with Crippen molar-refractivity contribution >= 4 is 10.0 Å². The quantitative estimate of drug-likeness (QED) is 0.856. The maximum atomic E-state index is 13.0. The van der Waals surface area contributed by atoms with Crippen molar-refractivity contribution < 1.29 is 13.2 Å². The first-order chi connectivity index (χ1) is 11.5. The second-order valence-corrected chi connectivity index (χ2v) is 8.22. The predicted octanol–water partition coefficient (Wildman–Crippen LogP) is 2.94. The van der Waals surface area contributed by atoms with Crippen molar-refractivity contribution in [1.82, 2.24) is 4.31 Å². The molecule has 2 aromatic rings. The Labute approximate surface area is 144 Å². The molecule has 1 aliphatic rings. The highest BCUT2D eigenvalue weighted by Gasteiger charge is 2.31. The van der Waals surface area contributed by atoms with E-state index in [2.05, 4.69) is 0 Å². The predicted molar refractivity (Wildman–Crippen MR) is 94.6 cm³/mol. The van der Waals surface area contributed by atoms with E-state index in [1.54, 1.807) is 10.4 Å². The number of hydrogen-bond acceptors (Lipinski definition) is 3. The van der Waals surface area contributed by atoms with Crippen LogP contribution in [0.1, 0.15) is 16.7 Å². The largest absolute Gasteiger partial charge is 0.375 e. The summed E-state index contributed by atoms with van der Waals surface area (Å²) in [7, 11) is -3.48. The third kappa shape index (κ3) is 3.69. The fraction of sp³-hybridized carbons (Fsp3) is 0.368. The zero-order chi connectivity index (χ0) is 17.2. The molecule has 1 fully saturated rings. The summed E-state index contributed by atoms with van der Waals surface area (Å²) in [5.74, 6) is 0. The molecule has 0 N–H and O–H groups in total. The number of aryl methyl sites for hydroxylation is 2. The van der Waals surface area contributed by atoms with Gasteiger partial charge in [-0.15, -0.1) is 0 Å². The molecule has 0 amide bonds. The maximum Gasteiger partial charge on any atom is 0.243 e. The van der Waals surface area contributed by atoms with E-state index < -0.39 is 10.0 Å². The van der Waals surface area contributed by atoms with Gasteiger partial charge in [0.15, 0.2) is 0 Å². The highest BCUT2D eigenvalue weighted by atomic mass is 32.2. The first-order valence-corrected chi connectivity index (χ1v) is 9.64. The molecule has 24 heavy (non-hydrogen) atoms. The van der Waals surface area contributed by atoms with Gasteiger partial charge in [0.05, 0.1) is 17.6 Å². The van der Waals surface area contributed by atoms with Crippen LogP contribution in [0.25, 0.3) is 0 Å². The fourth-order valence-electron chi connectivity index (χ4n) is 3.14. The Morgan fingerprint density at radius 2 is 1.88 bits per heavy atom. The molecule has 1 atom stereocenters. The normalized spacial score (nSPS) is 19.3. The van der Waals surface area contributed by atoms with Crippen molar-refractivity contribution in [1.29, 1.82) is 0 Å². The van der Waals surface area contributed by atoms with Gasteiger partial charge in [-0.05, 0) is 37.5 Å². The molecule has 3 rings (SSSR count). The van der Waals surface area contributed by atoms with Gasteiger partial charge in [-0.1, -0.05) is 48.0 Å².